The monoisotopic (exact) mass is 450 g/mol. The first kappa shape index (κ1) is 21.8. The molecule has 0 radical (unpaired) electrons. The second kappa shape index (κ2) is 8.23. The predicted molar refractivity (Wildman–Crippen MR) is 105 cm³/mol. The van der Waals surface area contributed by atoms with Crippen LogP contribution in [-0.4, -0.2) is 33.9 Å². The number of fused-ring (bicyclic) bond motifs is 1. The molecule has 1 unspecified atom stereocenters. The number of hydrogen-bond acceptors (Lipinski definition) is 5. The zero-order chi connectivity index (χ0) is 23.0. The van der Waals surface area contributed by atoms with Gasteiger partial charge in [-0.15, -0.1) is 0 Å². The number of methoxy groups -OCH3 is 1. The Kier molecular flexibility index (Phi) is 5.59. The Bertz CT molecular complexity index is 1160. The Balaban J connectivity index is 1.76. The summed E-state index contributed by atoms with van der Waals surface area (Å²) in [5.41, 5.74) is 0.879. The number of ether oxygens (including phenoxy) is 2. The second-order valence-electron chi connectivity index (χ2n) is 7.22. The molecule has 1 aliphatic heterocycles. The van der Waals surface area contributed by atoms with Crippen LogP contribution in [0.4, 0.5) is 23.2 Å². The summed E-state index contributed by atoms with van der Waals surface area (Å²) in [6, 6.07) is 5.85. The largest absolute Gasteiger partial charge is 0.496 e. The van der Waals surface area contributed by atoms with Crippen LogP contribution in [0.15, 0.2) is 36.5 Å². The molecule has 7 nitrogen and oxygen atoms in total. The zero-order valence-corrected chi connectivity index (χ0v) is 17.0. The summed E-state index contributed by atoms with van der Waals surface area (Å²) in [5.74, 6) is -1.63. The maximum atomic E-state index is 13.2. The molecule has 0 fully saturated rings. The molecule has 2 aromatic heterocycles. The summed E-state index contributed by atoms with van der Waals surface area (Å²) >= 11 is 0. The van der Waals surface area contributed by atoms with E-state index in [9.17, 15) is 22.4 Å². The van der Waals surface area contributed by atoms with Crippen molar-refractivity contribution in [3.63, 3.8) is 0 Å². The van der Waals surface area contributed by atoms with Gasteiger partial charge in [-0.1, -0.05) is 0 Å². The molecule has 0 spiro atoms. The van der Waals surface area contributed by atoms with Crippen LogP contribution in [0.5, 0.6) is 5.75 Å². The molecule has 4 rings (SSSR count). The van der Waals surface area contributed by atoms with Crippen molar-refractivity contribution in [2.24, 2.45) is 0 Å². The van der Waals surface area contributed by atoms with Gasteiger partial charge < -0.3 is 14.8 Å². The lowest BCUT2D eigenvalue weighted by atomic mass is 10.0. The molecule has 1 amide bonds. The number of hydrogen-bond donors (Lipinski definition) is 1. The number of carbonyl (C=O) groups is 1. The van der Waals surface area contributed by atoms with Crippen LogP contribution in [0.3, 0.4) is 0 Å². The third kappa shape index (κ3) is 4.15. The standard InChI is InChI=1S/C21H18F4N4O3/c1-11-7-16-14(10-32-11)19(20(30)27-12-3-6-18(22)26-9-12)28-29(16)13-4-5-15(21(23,24)25)17(8-13)31-2/h3-6,8-9,11H,7,10H2,1-2H3,(H,27,30). The highest BCUT2D eigenvalue weighted by molar-refractivity contribution is 6.04. The molecule has 0 aliphatic carbocycles. The van der Waals surface area contributed by atoms with Crippen LogP contribution in [-0.2, 0) is 23.9 Å². The van der Waals surface area contributed by atoms with E-state index in [1.807, 2.05) is 6.92 Å². The Morgan fingerprint density at radius 3 is 2.72 bits per heavy atom. The van der Waals surface area contributed by atoms with E-state index in [2.05, 4.69) is 15.4 Å². The molecule has 1 atom stereocenters. The van der Waals surface area contributed by atoms with E-state index in [4.69, 9.17) is 9.47 Å². The lowest BCUT2D eigenvalue weighted by Crippen LogP contribution is -2.22. The Morgan fingerprint density at radius 1 is 1.28 bits per heavy atom. The molecule has 0 bridgehead atoms. The number of pyridine rings is 1. The van der Waals surface area contributed by atoms with Crippen molar-refractivity contribution in [2.45, 2.75) is 32.2 Å². The van der Waals surface area contributed by atoms with Crippen molar-refractivity contribution < 1.29 is 31.8 Å². The van der Waals surface area contributed by atoms with E-state index in [0.29, 0.717) is 23.4 Å². The quantitative estimate of drug-likeness (QED) is 0.477. The van der Waals surface area contributed by atoms with Crippen molar-refractivity contribution in [3.05, 3.63) is 65.0 Å². The smallest absolute Gasteiger partial charge is 0.419 e. The van der Waals surface area contributed by atoms with Crippen LogP contribution in [0.25, 0.3) is 5.69 Å². The maximum Gasteiger partial charge on any atom is 0.419 e. The van der Waals surface area contributed by atoms with Gasteiger partial charge in [0.1, 0.15) is 5.75 Å². The average Bonchev–Trinajstić information content (AvgIpc) is 3.13. The lowest BCUT2D eigenvalue weighted by Gasteiger charge is -2.21. The molecule has 11 heteroatoms. The first-order valence-corrected chi connectivity index (χ1v) is 9.58. The number of nitrogens with zero attached hydrogens (tertiary/aromatic N) is 3. The Morgan fingerprint density at radius 2 is 2.06 bits per heavy atom. The van der Waals surface area contributed by atoms with E-state index in [1.165, 1.54) is 22.9 Å². The molecule has 32 heavy (non-hydrogen) atoms. The summed E-state index contributed by atoms with van der Waals surface area (Å²) in [6.45, 7) is 1.95. The fourth-order valence-electron chi connectivity index (χ4n) is 3.49. The van der Waals surface area contributed by atoms with Gasteiger partial charge in [0, 0.05) is 18.1 Å². The van der Waals surface area contributed by atoms with Gasteiger partial charge in [0.15, 0.2) is 5.69 Å². The normalized spacial score (nSPS) is 15.9. The molecule has 0 saturated carbocycles. The molecule has 0 saturated heterocycles. The van der Waals surface area contributed by atoms with E-state index in [-0.39, 0.29) is 29.8 Å². The lowest BCUT2D eigenvalue weighted by molar-refractivity contribution is -0.138. The van der Waals surface area contributed by atoms with E-state index < -0.39 is 23.6 Å². The van der Waals surface area contributed by atoms with Crippen molar-refractivity contribution in [2.75, 3.05) is 12.4 Å². The molecule has 168 valence electrons. The third-order valence-electron chi connectivity index (χ3n) is 5.02. The Hall–Kier alpha value is -3.47. The van der Waals surface area contributed by atoms with Gasteiger partial charge in [-0.2, -0.15) is 22.7 Å². The Labute approximate surface area is 180 Å². The fraction of sp³-hybridized carbons (Fsp3) is 0.286. The third-order valence-corrected chi connectivity index (χ3v) is 5.02. The second-order valence-corrected chi connectivity index (χ2v) is 7.22. The van der Waals surface area contributed by atoms with Crippen LogP contribution >= 0.6 is 0 Å². The average molecular weight is 450 g/mol. The molecular formula is C21H18F4N4O3. The minimum Gasteiger partial charge on any atom is -0.496 e. The van der Waals surface area contributed by atoms with E-state index in [0.717, 1.165) is 25.4 Å². The number of rotatable bonds is 4. The van der Waals surface area contributed by atoms with E-state index >= 15 is 0 Å². The number of anilines is 1. The van der Waals surface area contributed by atoms with Crippen molar-refractivity contribution in [1.29, 1.82) is 0 Å². The van der Waals surface area contributed by atoms with E-state index in [1.54, 1.807) is 0 Å². The summed E-state index contributed by atoms with van der Waals surface area (Å²) in [6.07, 6.45) is -3.19. The number of benzene rings is 1. The van der Waals surface area contributed by atoms with Crippen molar-refractivity contribution in [1.82, 2.24) is 14.8 Å². The molecule has 3 aromatic rings. The molecule has 1 aliphatic rings. The molecule has 1 N–H and O–H groups in total. The highest BCUT2D eigenvalue weighted by atomic mass is 19.4. The minimum absolute atomic E-state index is 0.0510. The van der Waals surface area contributed by atoms with Gasteiger partial charge in [-0.05, 0) is 31.2 Å². The number of halogens is 4. The first-order valence-electron chi connectivity index (χ1n) is 9.58. The highest BCUT2D eigenvalue weighted by Crippen LogP contribution is 2.38. The zero-order valence-electron chi connectivity index (χ0n) is 17.0. The van der Waals surface area contributed by atoms with Gasteiger partial charge in [0.05, 0.1) is 48.6 Å². The van der Waals surface area contributed by atoms with Crippen LogP contribution < -0.4 is 10.1 Å². The minimum atomic E-state index is -4.58. The maximum absolute atomic E-state index is 13.2. The van der Waals surface area contributed by atoms with Crippen molar-refractivity contribution in [3.8, 4) is 11.4 Å². The molecular weight excluding hydrogens is 432 g/mol. The summed E-state index contributed by atoms with van der Waals surface area (Å²) in [4.78, 5) is 16.4. The first-order chi connectivity index (χ1) is 15.2. The number of carbonyl (C=O) groups excluding carboxylic acids is 1. The number of nitrogens with one attached hydrogen (secondary N) is 1. The fourth-order valence-corrected chi connectivity index (χ4v) is 3.49. The van der Waals surface area contributed by atoms with Gasteiger partial charge in [-0.25, -0.2) is 9.67 Å². The van der Waals surface area contributed by atoms with Gasteiger partial charge in [0.2, 0.25) is 5.95 Å². The van der Waals surface area contributed by atoms with Crippen LogP contribution in [0.1, 0.15) is 34.2 Å². The van der Waals surface area contributed by atoms with Gasteiger partial charge >= 0.3 is 6.18 Å². The molecule has 3 heterocycles. The van der Waals surface area contributed by atoms with Gasteiger partial charge in [0.25, 0.3) is 5.91 Å². The van der Waals surface area contributed by atoms with Crippen LogP contribution in [0, 0.1) is 5.95 Å². The summed E-state index contributed by atoms with van der Waals surface area (Å²) < 4.78 is 64.7. The molecule has 1 aromatic carbocycles. The summed E-state index contributed by atoms with van der Waals surface area (Å²) in [5, 5.41) is 6.96. The topological polar surface area (TPSA) is 78.3 Å². The highest BCUT2D eigenvalue weighted by Gasteiger charge is 2.35. The number of alkyl halides is 3. The number of aromatic nitrogens is 3. The van der Waals surface area contributed by atoms with Crippen molar-refractivity contribution >= 4 is 11.6 Å². The van der Waals surface area contributed by atoms with Gasteiger partial charge in [-0.3, -0.25) is 4.79 Å². The summed E-state index contributed by atoms with van der Waals surface area (Å²) in [7, 11) is 1.15. The SMILES string of the molecule is COc1cc(-n2nc(C(=O)Nc3ccc(F)nc3)c3c2CC(C)OC3)ccc1C(F)(F)F. The number of amides is 1. The van der Waals surface area contributed by atoms with Crippen LogP contribution in [0.2, 0.25) is 0 Å². The predicted octanol–water partition coefficient (Wildman–Crippen LogP) is 4.15.